The number of pyridine rings is 1. The second kappa shape index (κ2) is 15.9. The minimum Gasteiger partial charge on any atom is -0.383 e. The molecule has 5 N–H and O–H groups in total. The smallest absolute Gasteiger partial charge is 0.270 e. The second-order valence-corrected chi connectivity index (χ2v) is 14.1. The maximum Gasteiger partial charge on any atom is 0.270 e. The van der Waals surface area contributed by atoms with E-state index in [2.05, 4.69) is 31.6 Å². The van der Waals surface area contributed by atoms with Crippen LogP contribution in [0.25, 0.3) is 0 Å². The molecule has 2 bridgehead atoms. The predicted octanol–water partition coefficient (Wildman–Crippen LogP) is 1.99. The van der Waals surface area contributed by atoms with Gasteiger partial charge in [-0.3, -0.25) is 24.2 Å². The van der Waals surface area contributed by atoms with Crippen LogP contribution < -0.4 is 26.6 Å². The first-order valence-electron chi connectivity index (χ1n) is 15.3. The molecule has 0 aliphatic carbocycles. The van der Waals surface area contributed by atoms with Crippen molar-refractivity contribution in [3.05, 3.63) is 78.1 Å². The van der Waals surface area contributed by atoms with Gasteiger partial charge in [0.15, 0.2) is 0 Å². The number of anilines is 2. The summed E-state index contributed by atoms with van der Waals surface area (Å²) in [6.07, 6.45) is 2.33. The fraction of sp³-hybridized carbons (Fsp3) is 0.344. The number of benzene rings is 2. The minimum atomic E-state index is -4.09. The molecule has 4 amide bonds. The van der Waals surface area contributed by atoms with Crippen LogP contribution in [0.2, 0.25) is 0 Å². The summed E-state index contributed by atoms with van der Waals surface area (Å²) in [5, 5.41) is 14.3. The van der Waals surface area contributed by atoms with E-state index >= 15 is 0 Å². The Balaban J connectivity index is 1.38. The van der Waals surface area contributed by atoms with Crippen LogP contribution in [0.5, 0.6) is 0 Å². The lowest BCUT2D eigenvalue weighted by atomic mass is 10.0. The summed E-state index contributed by atoms with van der Waals surface area (Å²) in [6, 6.07) is 16.1. The molecule has 13 nitrogen and oxygen atoms in total. The molecule has 1 atom stereocenters. The number of sulfonamides is 1. The highest BCUT2D eigenvalue weighted by Crippen LogP contribution is 2.33. The van der Waals surface area contributed by atoms with Crippen LogP contribution in [0.15, 0.2) is 76.7 Å². The van der Waals surface area contributed by atoms with E-state index in [1.165, 1.54) is 34.4 Å². The molecule has 0 saturated carbocycles. The molecule has 47 heavy (non-hydrogen) atoms. The van der Waals surface area contributed by atoms with Gasteiger partial charge in [-0.2, -0.15) is 4.31 Å². The van der Waals surface area contributed by atoms with E-state index in [0.717, 1.165) is 10.5 Å². The number of thioether (sulfide) groups is 1. The van der Waals surface area contributed by atoms with E-state index in [1.807, 2.05) is 30.3 Å². The van der Waals surface area contributed by atoms with E-state index in [4.69, 9.17) is 0 Å². The highest BCUT2D eigenvalue weighted by molar-refractivity contribution is 7.99. The lowest BCUT2D eigenvalue weighted by Crippen LogP contribution is -2.50. The van der Waals surface area contributed by atoms with E-state index < -0.39 is 27.9 Å². The van der Waals surface area contributed by atoms with Crippen LogP contribution >= 0.6 is 11.8 Å². The third kappa shape index (κ3) is 9.30. The van der Waals surface area contributed by atoms with Crippen LogP contribution in [-0.2, 0) is 30.8 Å². The normalized spacial score (nSPS) is 19.2. The Morgan fingerprint density at radius 2 is 1.66 bits per heavy atom. The number of amides is 4. The van der Waals surface area contributed by atoms with E-state index in [9.17, 15) is 27.6 Å². The zero-order valence-electron chi connectivity index (χ0n) is 25.7. The number of fused-ring (bicyclic) bond motifs is 3. The van der Waals surface area contributed by atoms with Gasteiger partial charge in [-0.05, 0) is 42.3 Å². The van der Waals surface area contributed by atoms with Crippen LogP contribution in [-0.4, -0.2) is 85.9 Å². The molecule has 2 aliphatic heterocycles. The first kappa shape index (κ1) is 33.9. The molecule has 0 fully saturated rings. The topological polar surface area (TPSA) is 179 Å². The standard InChI is InChI=1S/C32H37N7O6S2/c40-29-7-4-16-39(47(44,45)24-8-9-28-25(21-24)37-30(41)11-18-46-28)17-15-36-31(42)27(19-22-5-2-1-3-6-22)38-32(43)26-20-23(10-12-34-26)33-13-14-35-29/h1-3,5-6,8-10,12,20-21,27,33H,4,7,11,13-19H2,(H,35,40)(H,36,42)(H,37,41)(H,38,43)/t27-/m0/s1. The van der Waals surface area contributed by atoms with E-state index in [0.29, 0.717) is 36.6 Å². The van der Waals surface area contributed by atoms with Crippen LogP contribution in [0.1, 0.15) is 35.3 Å². The molecular weight excluding hydrogens is 643 g/mol. The first-order valence-corrected chi connectivity index (χ1v) is 17.8. The molecule has 0 radical (unpaired) electrons. The van der Waals surface area contributed by atoms with Crippen molar-refractivity contribution in [2.75, 3.05) is 49.1 Å². The maximum absolute atomic E-state index is 13.9. The van der Waals surface area contributed by atoms with Crippen molar-refractivity contribution in [2.24, 2.45) is 0 Å². The van der Waals surface area contributed by atoms with E-state index in [-0.39, 0.29) is 61.3 Å². The Bertz CT molecular complexity index is 1720. The summed E-state index contributed by atoms with van der Waals surface area (Å²) in [5.74, 6) is -0.880. The summed E-state index contributed by atoms with van der Waals surface area (Å²) >= 11 is 1.47. The Morgan fingerprint density at radius 1 is 0.851 bits per heavy atom. The number of carbonyl (C=O) groups is 4. The zero-order chi connectivity index (χ0) is 33.2. The summed E-state index contributed by atoms with van der Waals surface area (Å²) in [7, 11) is -4.09. The van der Waals surface area contributed by atoms with Crippen molar-refractivity contribution in [2.45, 2.75) is 41.5 Å². The second-order valence-electron chi connectivity index (χ2n) is 11.0. The molecule has 3 heterocycles. The molecule has 15 heteroatoms. The molecule has 0 unspecified atom stereocenters. The van der Waals surface area contributed by atoms with Crippen molar-refractivity contribution in [3.8, 4) is 0 Å². The van der Waals surface area contributed by atoms with Gasteiger partial charge in [0, 0.05) is 74.5 Å². The molecule has 2 aliphatic rings. The van der Waals surface area contributed by atoms with Gasteiger partial charge in [-0.15, -0.1) is 11.8 Å². The van der Waals surface area contributed by atoms with Gasteiger partial charge in [0.1, 0.15) is 11.7 Å². The largest absolute Gasteiger partial charge is 0.383 e. The molecule has 248 valence electrons. The Labute approximate surface area is 277 Å². The monoisotopic (exact) mass is 679 g/mol. The SMILES string of the molecule is O=C1CCCN(S(=O)(=O)c2ccc3c(c2)NC(=O)CCS3)CCNC(=O)[C@H](Cc2ccccc2)NC(=O)c2cc(ccn2)NCCN1. The lowest BCUT2D eigenvalue weighted by molar-refractivity contribution is -0.123. The Morgan fingerprint density at radius 3 is 2.49 bits per heavy atom. The molecule has 1 aromatic heterocycles. The maximum atomic E-state index is 13.9. The molecule has 2 aromatic carbocycles. The third-order valence-corrected chi connectivity index (χ3v) is 10.6. The van der Waals surface area contributed by atoms with Gasteiger partial charge < -0.3 is 26.6 Å². The minimum absolute atomic E-state index is 0.0113. The summed E-state index contributed by atoms with van der Waals surface area (Å²) in [4.78, 5) is 56.4. The number of aromatic nitrogens is 1. The van der Waals surface area contributed by atoms with Crippen molar-refractivity contribution in [1.29, 1.82) is 0 Å². The number of hydrogen-bond donors (Lipinski definition) is 5. The first-order chi connectivity index (χ1) is 22.7. The Hall–Kier alpha value is -4.47. The molecule has 5 rings (SSSR count). The molecule has 0 saturated heterocycles. The van der Waals surface area contributed by atoms with Gasteiger partial charge in [0.05, 0.1) is 10.6 Å². The average molecular weight is 680 g/mol. The quantitative estimate of drug-likeness (QED) is 0.276. The number of rotatable bonds is 4. The van der Waals surface area contributed by atoms with Crippen molar-refractivity contribution >= 4 is 56.8 Å². The summed E-state index contributed by atoms with van der Waals surface area (Å²) < 4.78 is 29.1. The number of carbonyl (C=O) groups excluding carboxylic acids is 4. The van der Waals surface area contributed by atoms with Crippen molar-refractivity contribution < 1.29 is 27.6 Å². The highest BCUT2D eigenvalue weighted by atomic mass is 32.2. The third-order valence-electron chi connectivity index (χ3n) is 7.59. The molecule has 0 spiro atoms. The highest BCUT2D eigenvalue weighted by Gasteiger charge is 2.28. The number of hydrogen-bond acceptors (Lipinski definition) is 9. The summed E-state index contributed by atoms with van der Waals surface area (Å²) in [6.45, 7) is 0.558. The van der Waals surface area contributed by atoms with Crippen molar-refractivity contribution in [3.63, 3.8) is 0 Å². The molecule has 3 aromatic rings. The average Bonchev–Trinajstić information content (AvgIpc) is 3.25. The van der Waals surface area contributed by atoms with Crippen LogP contribution in [0.3, 0.4) is 0 Å². The number of nitrogens with zero attached hydrogens (tertiary/aromatic N) is 2. The fourth-order valence-electron chi connectivity index (χ4n) is 5.16. The van der Waals surface area contributed by atoms with Crippen molar-refractivity contribution in [1.82, 2.24) is 25.2 Å². The van der Waals surface area contributed by atoms with Crippen LogP contribution in [0.4, 0.5) is 11.4 Å². The lowest BCUT2D eigenvalue weighted by Gasteiger charge is -2.24. The van der Waals surface area contributed by atoms with E-state index in [1.54, 1.807) is 18.2 Å². The van der Waals surface area contributed by atoms with Gasteiger partial charge in [-0.1, -0.05) is 30.3 Å². The van der Waals surface area contributed by atoms with Gasteiger partial charge in [-0.25, -0.2) is 8.42 Å². The van der Waals surface area contributed by atoms with Crippen LogP contribution in [0, 0.1) is 0 Å². The molecular formula is C32H37N7O6S2. The zero-order valence-corrected chi connectivity index (χ0v) is 27.3. The fourth-order valence-corrected chi connectivity index (χ4v) is 7.60. The number of nitrogens with one attached hydrogen (secondary N) is 5. The van der Waals surface area contributed by atoms with Gasteiger partial charge in [0.2, 0.25) is 27.7 Å². The predicted molar refractivity (Wildman–Crippen MR) is 179 cm³/mol. The Kier molecular flexibility index (Phi) is 11.5. The summed E-state index contributed by atoms with van der Waals surface area (Å²) in [5.41, 5.74) is 1.98. The van der Waals surface area contributed by atoms with Gasteiger partial charge >= 0.3 is 0 Å². The van der Waals surface area contributed by atoms with Gasteiger partial charge in [0.25, 0.3) is 5.91 Å².